The smallest absolute Gasteiger partial charge is 0.144 e. The van der Waals surface area contributed by atoms with E-state index < -0.39 is 0 Å². The van der Waals surface area contributed by atoms with Gasteiger partial charge in [0.2, 0.25) is 0 Å². The molecule has 108 valence electrons. The van der Waals surface area contributed by atoms with Crippen LogP contribution < -0.4 is 0 Å². The zero-order valence-electron chi connectivity index (χ0n) is 12.4. The van der Waals surface area contributed by atoms with Gasteiger partial charge in [0.1, 0.15) is 11.2 Å². The third kappa shape index (κ3) is 1.85. The predicted molar refractivity (Wildman–Crippen MR) is 94.5 cm³/mol. The molecule has 0 radical (unpaired) electrons. The van der Waals surface area contributed by atoms with Crippen LogP contribution in [0.3, 0.4) is 0 Å². The first-order valence-corrected chi connectivity index (χ1v) is 7.65. The first-order valence-electron chi connectivity index (χ1n) is 7.65. The molecule has 0 saturated heterocycles. The molecule has 0 aliphatic rings. The van der Waals surface area contributed by atoms with Crippen LogP contribution in [-0.4, -0.2) is 4.98 Å². The lowest BCUT2D eigenvalue weighted by atomic mass is 10.0. The van der Waals surface area contributed by atoms with Crippen LogP contribution in [-0.2, 0) is 0 Å². The first kappa shape index (κ1) is 12.4. The van der Waals surface area contributed by atoms with Crippen LogP contribution in [0.25, 0.3) is 44.0 Å². The van der Waals surface area contributed by atoms with Gasteiger partial charge in [-0.15, -0.1) is 0 Å². The van der Waals surface area contributed by atoms with Crippen molar-refractivity contribution in [3.63, 3.8) is 0 Å². The van der Waals surface area contributed by atoms with Gasteiger partial charge in [-0.2, -0.15) is 0 Å². The van der Waals surface area contributed by atoms with Crippen molar-refractivity contribution in [3.8, 4) is 11.3 Å². The maximum Gasteiger partial charge on any atom is 0.144 e. The van der Waals surface area contributed by atoms with Crippen molar-refractivity contribution in [2.75, 3.05) is 0 Å². The summed E-state index contributed by atoms with van der Waals surface area (Å²) in [6.07, 6.45) is 1.81. The third-order valence-electron chi connectivity index (χ3n) is 4.31. The minimum absolute atomic E-state index is 0.900. The Bertz CT molecular complexity index is 1160. The summed E-state index contributed by atoms with van der Waals surface area (Å²) in [4.78, 5) is 4.46. The molecule has 5 aromatic rings. The highest BCUT2D eigenvalue weighted by atomic mass is 16.3. The molecule has 0 saturated carbocycles. The quantitative estimate of drug-likeness (QED) is 0.390. The molecule has 0 aliphatic heterocycles. The van der Waals surface area contributed by atoms with Crippen molar-refractivity contribution in [1.82, 2.24) is 4.98 Å². The fraction of sp³-hybridized carbons (Fsp3) is 0. The maximum atomic E-state index is 6.21. The number of benzene rings is 3. The molecule has 5 rings (SSSR count). The van der Waals surface area contributed by atoms with Crippen molar-refractivity contribution < 1.29 is 4.42 Å². The van der Waals surface area contributed by atoms with E-state index in [-0.39, 0.29) is 0 Å². The van der Waals surface area contributed by atoms with Crippen LogP contribution in [0.5, 0.6) is 0 Å². The summed E-state index contributed by atoms with van der Waals surface area (Å²) in [6.45, 7) is 0. The molecule has 2 heteroatoms. The van der Waals surface area contributed by atoms with E-state index in [2.05, 4.69) is 59.6 Å². The Labute approximate surface area is 133 Å². The lowest BCUT2D eigenvalue weighted by Gasteiger charge is -2.00. The van der Waals surface area contributed by atoms with E-state index >= 15 is 0 Å². The standard InChI is InChI=1S/C21H13NO/c1-2-7-15-13-20-18(12-14(15)6-1)16-8-5-9-17(21(16)23-20)19-10-3-4-11-22-19/h1-13H. The van der Waals surface area contributed by atoms with Gasteiger partial charge in [-0.1, -0.05) is 42.5 Å². The Balaban J connectivity index is 1.91. The minimum atomic E-state index is 0.900. The summed E-state index contributed by atoms with van der Waals surface area (Å²) in [5.41, 5.74) is 3.78. The van der Waals surface area contributed by atoms with Gasteiger partial charge in [-0.3, -0.25) is 4.98 Å². The largest absolute Gasteiger partial charge is 0.455 e. The summed E-state index contributed by atoms with van der Waals surface area (Å²) in [5.74, 6) is 0. The molecule has 2 heterocycles. The summed E-state index contributed by atoms with van der Waals surface area (Å²) in [5, 5.41) is 4.70. The van der Waals surface area contributed by atoms with E-state index in [4.69, 9.17) is 4.42 Å². The molecule has 0 unspecified atom stereocenters. The predicted octanol–water partition coefficient (Wildman–Crippen LogP) is 5.80. The second kappa shape index (κ2) is 4.68. The molecule has 0 N–H and O–H groups in total. The van der Waals surface area contributed by atoms with Crippen LogP contribution in [0.4, 0.5) is 0 Å². The van der Waals surface area contributed by atoms with Gasteiger partial charge < -0.3 is 4.42 Å². The van der Waals surface area contributed by atoms with Gasteiger partial charge in [-0.25, -0.2) is 0 Å². The molecule has 23 heavy (non-hydrogen) atoms. The van der Waals surface area contributed by atoms with Crippen molar-refractivity contribution >= 4 is 32.7 Å². The molecule has 2 nitrogen and oxygen atoms in total. The summed E-state index contributed by atoms with van der Waals surface area (Å²) < 4.78 is 6.21. The third-order valence-corrected chi connectivity index (χ3v) is 4.31. The van der Waals surface area contributed by atoms with E-state index in [1.165, 1.54) is 10.8 Å². The Hall–Kier alpha value is -3.13. The minimum Gasteiger partial charge on any atom is -0.455 e. The zero-order chi connectivity index (χ0) is 15.2. The van der Waals surface area contributed by atoms with Crippen molar-refractivity contribution in [3.05, 3.63) is 79.0 Å². The van der Waals surface area contributed by atoms with Crippen molar-refractivity contribution in [2.24, 2.45) is 0 Å². The fourth-order valence-electron chi connectivity index (χ4n) is 3.21. The highest BCUT2D eigenvalue weighted by molar-refractivity contribution is 6.12. The fourth-order valence-corrected chi connectivity index (χ4v) is 3.21. The summed E-state index contributed by atoms with van der Waals surface area (Å²) >= 11 is 0. The van der Waals surface area contributed by atoms with Crippen LogP contribution in [0, 0.1) is 0 Å². The van der Waals surface area contributed by atoms with Crippen molar-refractivity contribution in [2.45, 2.75) is 0 Å². The van der Waals surface area contributed by atoms with Gasteiger partial charge >= 0.3 is 0 Å². The normalized spacial score (nSPS) is 11.5. The Kier molecular flexibility index (Phi) is 2.53. The second-order valence-electron chi connectivity index (χ2n) is 5.69. The Morgan fingerprint density at radius 2 is 1.52 bits per heavy atom. The molecule has 0 fully saturated rings. The number of aromatic nitrogens is 1. The highest BCUT2D eigenvalue weighted by Crippen LogP contribution is 2.36. The lowest BCUT2D eigenvalue weighted by molar-refractivity contribution is 0.670. The maximum absolute atomic E-state index is 6.21. The molecule has 0 atom stereocenters. The Morgan fingerprint density at radius 3 is 2.35 bits per heavy atom. The molecule has 2 aromatic heterocycles. The number of fused-ring (bicyclic) bond motifs is 4. The van der Waals surface area contributed by atoms with Gasteiger partial charge in [0.15, 0.2) is 0 Å². The highest BCUT2D eigenvalue weighted by Gasteiger charge is 2.13. The van der Waals surface area contributed by atoms with Crippen LogP contribution in [0.15, 0.2) is 83.4 Å². The van der Waals surface area contributed by atoms with Gasteiger partial charge in [0.25, 0.3) is 0 Å². The van der Waals surface area contributed by atoms with Gasteiger partial charge in [-0.05, 0) is 41.1 Å². The topological polar surface area (TPSA) is 26.0 Å². The van der Waals surface area contributed by atoms with Gasteiger partial charge in [0.05, 0.1) is 5.69 Å². The number of furan rings is 1. The average molecular weight is 295 g/mol. The molecule has 0 bridgehead atoms. The summed E-state index contributed by atoms with van der Waals surface area (Å²) in [7, 11) is 0. The van der Waals surface area contributed by atoms with Crippen LogP contribution >= 0.6 is 0 Å². The molecule has 0 spiro atoms. The Morgan fingerprint density at radius 1 is 0.696 bits per heavy atom. The average Bonchev–Trinajstić information content (AvgIpc) is 2.98. The van der Waals surface area contributed by atoms with E-state index in [9.17, 15) is 0 Å². The number of hydrogen-bond acceptors (Lipinski definition) is 2. The molecular formula is C21H13NO. The SMILES string of the molecule is c1ccc(-c2cccc3c2oc2cc4ccccc4cc23)nc1. The van der Waals surface area contributed by atoms with E-state index in [0.29, 0.717) is 0 Å². The molecule has 0 aliphatic carbocycles. The van der Waals surface area contributed by atoms with E-state index in [1.807, 2.05) is 24.4 Å². The molecule has 0 amide bonds. The number of hydrogen-bond donors (Lipinski definition) is 0. The van der Waals surface area contributed by atoms with E-state index in [0.717, 1.165) is 33.2 Å². The number of rotatable bonds is 1. The van der Waals surface area contributed by atoms with Crippen LogP contribution in [0.1, 0.15) is 0 Å². The molecule has 3 aromatic carbocycles. The van der Waals surface area contributed by atoms with E-state index in [1.54, 1.807) is 0 Å². The second-order valence-corrected chi connectivity index (χ2v) is 5.69. The van der Waals surface area contributed by atoms with Crippen LogP contribution in [0.2, 0.25) is 0 Å². The number of pyridine rings is 1. The zero-order valence-corrected chi connectivity index (χ0v) is 12.4. The number of para-hydroxylation sites is 1. The molecular weight excluding hydrogens is 282 g/mol. The van der Waals surface area contributed by atoms with Crippen molar-refractivity contribution in [1.29, 1.82) is 0 Å². The van der Waals surface area contributed by atoms with Gasteiger partial charge in [0, 0.05) is 22.5 Å². The number of nitrogens with zero attached hydrogens (tertiary/aromatic N) is 1. The monoisotopic (exact) mass is 295 g/mol. The summed E-state index contributed by atoms with van der Waals surface area (Å²) in [6, 6.07) is 24.9. The first-order chi connectivity index (χ1) is 11.4. The lowest BCUT2D eigenvalue weighted by Crippen LogP contribution is -1.81.